The largest absolute Gasteiger partial charge is 0.494 e. The quantitative estimate of drug-likeness (QED) is 0.256. The van der Waals surface area contributed by atoms with E-state index in [1.54, 1.807) is 55.5 Å². The molecule has 8 heteroatoms. The lowest BCUT2D eigenvalue weighted by Crippen LogP contribution is -2.48. The van der Waals surface area contributed by atoms with Gasteiger partial charge in [0.25, 0.3) is 0 Å². The number of ether oxygens (including phenoxy) is 2. The van der Waals surface area contributed by atoms with Gasteiger partial charge in [-0.25, -0.2) is 9.59 Å². The van der Waals surface area contributed by atoms with E-state index in [1.165, 1.54) is 0 Å². The summed E-state index contributed by atoms with van der Waals surface area (Å²) in [6.07, 6.45) is 3.17. The van der Waals surface area contributed by atoms with Crippen molar-refractivity contribution in [2.24, 2.45) is 5.92 Å². The van der Waals surface area contributed by atoms with Crippen LogP contribution in [0.3, 0.4) is 0 Å². The van der Waals surface area contributed by atoms with Crippen LogP contribution in [0.2, 0.25) is 0 Å². The zero-order chi connectivity index (χ0) is 26.0. The fourth-order valence-corrected chi connectivity index (χ4v) is 3.81. The van der Waals surface area contributed by atoms with E-state index in [0.29, 0.717) is 54.6 Å². The molecular weight excluding hydrogens is 464 g/mol. The molecule has 0 heterocycles. The molecule has 0 saturated heterocycles. The van der Waals surface area contributed by atoms with Gasteiger partial charge in [-0.15, -0.1) is 0 Å². The maximum atomic E-state index is 12.5. The molecule has 0 aromatic heterocycles. The van der Waals surface area contributed by atoms with Crippen molar-refractivity contribution in [2.45, 2.75) is 71.5 Å². The second-order valence-electron chi connectivity index (χ2n) is 9.35. The predicted octanol–water partition coefficient (Wildman–Crippen LogP) is 6.09. The van der Waals surface area contributed by atoms with Crippen molar-refractivity contribution in [1.29, 1.82) is 0 Å². The van der Waals surface area contributed by atoms with Crippen molar-refractivity contribution in [2.75, 3.05) is 13.2 Å². The van der Waals surface area contributed by atoms with E-state index < -0.39 is 23.6 Å². The molecule has 1 fully saturated rings. The minimum Gasteiger partial charge on any atom is -0.494 e. The highest BCUT2D eigenvalue weighted by molar-refractivity contribution is 5.89. The van der Waals surface area contributed by atoms with E-state index in [-0.39, 0.29) is 0 Å². The van der Waals surface area contributed by atoms with Gasteiger partial charge in [-0.1, -0.05) is 20.8 Å². The van der Waals surface area contributed by atoms with Crippen molar-refractivity contribution < 1.29 is 38.6 Å². The Kier molecular flexibility index (Phi) is 10.1. The van der Waals surface area contributed by atoms with Crippen LogP contribution >= 0.6 is 0 Å². The molecule has 1 aliphatic rings. The van der Waals surface area contributed by atoms with Crippen LogP contribution < -0.4 is 9.47 Å². The first-order valence-corrected chi connectivity index (χ1v) is 12.6. The van der Waals surface area contributed by atoms with E-state index in [4.69, 9.17) is 29.0 Å². The van der Waals surface area contributed by atoms with Gasteiger partial charge in [0.2, 0.25) is 0 Å². The molecule has 0 bridgehead atoms. The van der Waals surface area contributed by atoms with Gasteiger partial charge in [0.1, 0.15) is 23.2 Å². The van der Waals surface area contributed by atoms with Gasteiger partial charge in [0, 0.05) is 0 Å². The molecule has 2 aromatic carbocycles. The predicted molar refractivity (Wildman–Crippen MR) is 133 cm³/mol. The maximum absolute atomic E-state index is 12.5. The molecule has 0 aliphatic heterocycles. The Morgan fingerprint density at radius 1 is 0.833 bits per heavy atom. The lowest BCUT2D eigenvalue weighted by atomic mass is 9.78. The summed E-state index contributed by atoms with van der Waals surface area (Å²) in [5.41, 5.74) is -0.310. The molecule has 3 unspecified atom stereocenters. The summed E-state index contributed by atoms with van der Waals surface area (Å²) < 4.78 is 11.1. The highest BCUT2D eigenvalue weighted by Crippen LogP contribution is 2.37. The minimum absolute atomic E-state index is 0.326. The number of hydrogen-bond acceptors (Lipinski definition) is 8. The van der Waals surface area contributed by atoms with Gasteiger partial charge in [0.05, 0.1) is 24.3 Å². The molecule has 2 aromatic rings. The fourth-order valence-electron chi connectivity index (χ4n) is 3.81. The second kappa shape index (κ2) is 13.3. The van der Waals surface area contributed by atoms with Crippen LogP contribution in [0.1, 0.15) is 80.5 Å². The topological polar surface area (TPSA) is 89.5 Å². The Bertz CT molecular complexity index is 972. The highest BCUT2D eigenvalue weighted by atomic mass is 17.2. The zero-order valence-electron chi connectivity index (χ0n) is 21.5. The average molecular weight is 501 g/mol. The Morgan fingerprint density at radius 3 is 1.83 bits per heavy atom. The second-order valence-corrected chi connectivity index (χ2v) is 9.35. The number of rotatable bonds is 12. The Labute approximate surface area is 212 Å². The van der Waals surface area contributed by atoms with Gasteiger partial charge in [-0.2, -0.15) is 9.78 Å². The Morgan fingerprint density at radius 2 is 1.33 bits per heavy atom. The van der Waals surface area contributed by atoms with Crippen molar-refractivity contribution in [1.82, 2.24) is 0 Å². The number of carbonyl (C=O) groups excluding carboxylic acids is 2. The highest BCUT2D eigenvalue weighted by Gasteiger charge is 2.45. The number of benzene rings is 2. The summed E-state index contributed by atoms with van der Waals surface area (Å²) in [6.45, 7) is 9.12. The van der Waals surface area contributed by atoms with Crippen LogP contribution in [0.4, 0.5) is 0 Å². The van der Waals surface area contributed by atoms with E-state index in [9.17, 15) is 9.59 Å². The smallest absolute Gasteiger partial charge is 0.373 e. The third-order valence-electron chi connectivity index (χ3n) is 6.10. The summed E-state index contributed by atoms with van der Waals surface area (Å²) >= 11 is 0. The average Bonchev–Trinajstić information content (AvgIpc) is 2.90. The molecule has 36 heavy (non-hydrogen) atoms. The first-order valence-electron chi connectivity index (χ1n) is 12.6. The van der Waals surface area contributed by atoms with Gasteiger partial charge in [-0.05, 0) is 93.5 Å². The van der Waals surface area contributed by atoms with Gasteiger partial charge < -0.3 is 9.47 Å². The third kappa shape index (κ3) is 7.70. The molecule has 3 rings (SSSR count). The van der Waals surface area contributed by atoms with Crippen molar-refractivity contribution in [3.05, 3.63) is 59.7 Å². The summed E-state index contributed by atoms with van der Waals surface area (Å²) in [4.78, 5) is 46.6. The first-order chi connectivity index (χ1) is 17.3. The van der Waals surface area contributed by atoms with Crippen LogP contribution in [0, 0.1) is 5.92 Å². The lowest BCUT2D eigenvalue weighted by Gasteiger charge is -2.39. The normalized spacial score (nSPS) is 21.4. The summed E-state index contributed by atoms with van der Waals surface area (Å²) in [7, 11) is 0. The first kappa shape index (κ1) is 27.5. The lowest BCUT2D eigenvalue weighted by molar-refractivity contribution is -0.388. The van der Waals surface area contributed by atoms with Gasteiger partial charge in [0.15, 0.2) is 0 Å². The Hall–Kier alpha value is -3.10. The van der Waals surface area contributed by atoms with E-state index in [2.05, 4.69) is 6.92 Å². The fraction of sp³-hybridized carbons (Fsp3) is 0.500. The van der Waals surface area contributed by atoms with Crippen LogP contribution in [0.25, 0.3) is 0 Å². The molecule has 196 valence electrons. The summed E-state index contributed by atoms with van der Waals surface area (Å²) in [5.74, 6) is 0.437. The van der Waals surface area contributed by atoms with Crippen LogP contribution in [-0.2, 0) is 19.6 Å². The van der Waals surface area contributed by atoms with Crippen molar-refractivity contribution >= 4 is 11.9 Å². The van der Waals surface area contributed by atoms with E-state index in [1.807, 2.05) is 13.8 Å². The van der Waals surface area contributed by atoms with Crippen molar-refractivity contribution in [3.63, 3.8) is 0 Å². The minimum atomic E-state index is -0.982. The molecule has 0 radical (unpaired) electrons. The summed E-state index contributed by atoms with van der Waals surface area (Å²) in [6, 6.07) is 13.3. The van der Waals surface area contributed by atoms with Crippen molar-refractivity contribution in [3.8, 4) is 11.5 Å². The molecule has 8 nitrogen and oxygen atoms in total. The van der Waals surface area contributed by atoms with Crippen LogP contribution in [0.15, 0.2) is 48.5 Å². The number of carbonyl (C=O) groups is 2. The van der Waals surface area contributed by atoms with E-state index in [0.717, 1.165) is 19.3 Å². The molecule has 0 N–H and O–H groups in total. The Balaban J connectivity index is 1.56. The van der Waals surface area contributed by atoms with Gasteiger partial charge in [-0.3, -0.25) is 9.78 Å². The third-order valence-corrected chi connectivity index (χ3v) is 6.10. The zero-order valence-corrected chi connectivity index (χ0v) is 21.5. The molecule has 0 amide bonds. The van der Waals surface area contributed by atoms with Crippen LogP contribution in [0.5, 0.6) is 11.5 Å². The van der Waals surface area contributed by atoms with Gasteiger partial charge >= 0.3 is 11.9 Å². The maximum Gasteiger partial charge on any atom is 0.373 e. The summed E-state index contributed by atoms with van der Waals surface area (Å²) in [5, 5.41) is 0. The SMILES string of the molecule is CCCOc1ccc(C(=O)OOC2CC(C)CCC2(C)OOC(=O)c2ccc(OCCC)cc2)cc1. The molecule has 3 atom stereocenters. The molecule has 1 saturated carbocycles. The molecule has 1 aliphatic carbocycles. The molecule has 0 spiro atoms. The van der Waals surface area contributed by atoms with E-state index >= 15 is 0 Å². The molecular formula is C28H36O8. The number of hydrogen-bond donors (Lipinski definition) is 0. The standard InChI is InChI=1S/C28H36O8/c1-5-17-31-23-11-7-21(8-12-23)26(29)34-33-25-19-20(3)15-16-28(25,4)36-35-27(30)22-9-13-24(14-10-22)32-18-6-2/h7-14,20,25H,5-6,15-19H2,1-4H3. The monoisotopic (exact) mass is 500 g/mol. The van der Waals surface area contributed by atoms with Crippen LogP contribution in [-0.4, -0.2) is 36.9 Å².